The summed E-state index contributed by atoms with van der Waals surface area (Å²) in [7, 11) is 0. The van der Waals surface area contributed by atoms with Gasteiger partial charge in [0.05, 0.1) is 11.7 Å². The predicted octanol–water partition coefficient (Wildman–Crippen LogP) is 6.64. The highest BCUT2D eigenvalue weighted by molar-refractivity contribution is 5.66. The summed E-state index contributed by atoms with van der Waals surface area (Å²) in [5, 5.41) is 29.8. The fraction of sp³-hybridized carbons (Fsp3) is 0.594. The van der Waals surface area contributed by atoms with Crippen LogP contribution in [0.5, 0.6) is 5.75 Å². The Morgan fingerprint density at radius 3 is 2.19 bits per heavy atom. The molecule has 0 aliphatic heterocycles. The third kappa shape index (κ3) is 7.36. The predicted molar refractivity (Wildman–Crippen MR) is 148 cm³/mol. The minimum Gasteiger partial charge on any atom is -0.491 e. The average Bonchev–Trinajstić information content (AvgIpc) is 2.88. The van der Waals surface area contributed by atoms with Crippen LogP contribution >= 0.6 is 0 Å². The monoisotopic (exact) mass is 510 g/mol. The fourth-order valence-corrected chi connectivity index (χ4v) is 6.00. The summed E-state index contributed by atoms with van der Waals surface area (Å²) in [6.07, 6.45) is 8.37. The Labute approximate surface area is 222 Å². The van der Waals surface area contributed by atoms with E-state index in [1.165, 1.54) is 28.7 Å². The first kappa shape index (κ1) is 29.2. The Morgan fingerprint density at radius 2 is 1.62 bits per heavy atom. The highest BCUT2D eigenvalue weighted by atomic mass is 16.5. The number of ether oxygens (including phenoxy) is 1. The van der Waals surface area contributed by atoms with Crippen molar-refractivity contribution < 1.29 is 24.9 Å². The summed E-state index contributed by atoms with van der Waals surface area (Å²) >= 11 is 0. The Morgan fingerprint density at radius 1 is 1.00 bits per heavy atom. The van der Waals surface area contributed by atoms with Crippen LogP contribution in [0.3, 0.4) is 0 Å². The van der Waals surface area contributed by atoms with Crippen molar-refractivity contribution in [3.8, 4) is 5.75 Å². The molecule has 5 heteroatoms. The summed E-state index contributed by atoms with van der Waals surface area (Å²) in [5.41, 5.74) is 5.57. The maximum Gasteiger partial charge on any atom is 0.303 e. The molecule has 0 spiro atoms. The van der Waals surface area contributed by atoms with Crippen LogP contribution in [-0.2, 0) is 16.6 Å². The van der Waals surface area contributed by atoms with Crippen LogP contribution in [0.15, 0.2) is 36.4 Å². The highest BCUT2D eigenvalue weighted by Gasteiger charge is 2.32. The first-order valence-electron chi connectivity index (χ1n) is 14.1. The summed E-state index contributed by atoms with van der Waals surface area (Å²) in [4.78, 5) is 10.7. The van der Waals surface area contributed by atoms with Gasteiger partial charge in [-0.05, 0) is 92.7 Å². The lowest BCUT2D eigenvalue weighted by Gasteiger charge is -2.35. The molecule has 0 bridgehead atoms. The van der Waals surface area contributed by atoms with E-state index in [1.807, 2.05) is 13.0 Å². The van der Waals surface area contributed by atoms with Crippen molar-refractivity contribution in [2.24, 2.45) is 0 Å². The third-order valence-corrected chi connectivity index (χ3v) is 8.60. The van der Waals surface area contributed by atoms with Gasteiger partial charge in [-0.3, -0.25) is 4.79 Å². The molecule has 2 aromatic rings. The molecule has 0 saturated heterocycles. The van der Waals surface area contributed by atoms with Crippen LogP contribution in [0.2, 0.25) is 0 Å². The molecule has 0 unspecified atom stereocenters. The Kier molecular flexibility index (Phi) is 10.2. The molecule has 1 saturated carbocycles. The molecule has 1 aliphatic rings. The van der Waals surface area contributed by atoms with Gasteiger partial charge in [0.15, 0.2) is 0 Å². The first-order chi connectivity index (χ1) is 17.6. The molecule has 1 atom stereocenters. The lowest BCUT2D eigenvalue weighted by Crippen LogP contribution is -2.31. The van der Waals surface area contributed by atoms with Gasteiger partial charge in [0.25, 0.3) is 0 Å². The fourth-order valence-electron chi connectivity index (χ4n) is 6.00. The molecule has 3 N–H and O–H groups in total. The van der Waals surface area contributed by atoms with Crippen LogP contribution in [0.25, 0.3) is 0 Å². The minimum atomic E-state index is -0.917. The van der Waals surface area contributed by atoms with E-state index in [4.69, 9.17) is 9.84 Å². The van der Waals surface area contributed by atoms with E-state index in [1.54, 1.807) is 0 Å². The average molecular weight is 511 g/mol. The van der Waals surface area contributed by atoms with E-state index < -0.39 is 17.7 Å². The largest absolute Gasteiger partial charge is 0.491 e. The zero-order valence-electron chi connectivity index (χ0n) is 23.2. The van der Waals surface area contributed by atoms with Crippen LogP contribution in [-0.4, -0.2) is 39.6 Å². The van der Waals surface area contributed by atoms with Crippen molar-refractivity contribution in [3.63, 3.8) is 0 Å². The lowest BCUT2D eigenvalue weighted by molar-refractivity contribution is -0.137. The third-order valence-electron chi connectivity index (χ3n) is 8.60. The Hall–Kier alpha value is -2.37. The lowest BCUT2D eigenvalue weighted by atomic mass is 9.69. The van der Waals surface area contributed by atoms with E-state index >= 15 is 0 Å². The minimum absolute atomic E-state index is 0.0724. The topological polar surface area (TPSA) is 87.0 Å². The highest BCUT2D eigenvalue weighted by Crippen LogP contribution is 2.41. The van der Waals surface area contributed by atoms with E-state index in [0.717, 1.165) is 56.9 Å². The smallest absolute Gasteiger partial charge is 0.303 e. The molecule has 204 valence electrons. The summed E-state index contributed by atoms with van der Waals surface area (Å²) in [6, 6.07) is 13.2. The number of hydrogen-bond donors (Lipinski definition) is 3. The number of aliphatic carboxylic acids is 1. The summed E-state index contributed by atoms with van der Waals surface area (Å²) < 4.78 is 5.83. The number of carboxylic acids is 1. The second-order valence-electron chi connectivity index (χ2n) is 11.1. The second-order valence-corrected chi connectivity index (χ2v) is 11.1. The quantitative estimate of drug-likeness (QED) is 0.281. The molecule has 1 aliphatic carbocycles. The molecule has 0 heterocycles. The maximum absolute atomic E-state index is 11.0. The SMILES string of the molecule is CCC(CC)(c1ccc(CCC2(O)CCCCC2)c(C)c1)c1ccc(OC[C@H](O)CCC(=O)O)c(C)c1. The first-order valence-corrected chi connectivity index (χ1v) is 14.1. The van der Waals surface area contributed by atoms with Crippen molar-refractivity contribution in [2.45, 2.75) is 115 Å². The van der Waals surface area contributed by atoms with Gasteiger partial charge in [-0.15, -0.1) is 0 Å². The van der Waals surface area contributed by atoms with Gasteiger partial charge >= 0.3 is 5.97 Å². The number of aryl methyl sites for hydroxylation is 3. The van der Waals surface area contributed by atoms with E-state index in [0.29, 0.717) is 5.75 Å². The zero-order valence-corrected chi connectivity index (χ0v) is 23.2. The van der Waals surface area contributed by atoms with Crippen molar-refractivity contribution in [1.82, 2.24) is 0 Å². The van der Waals surface area contributed by atoms with Crippen LogP contribution in [0.1, 0.15) is 106 Å². The van der Waals surface area contributed by atoms with Gasteiger partial charge in [-0.2, -0.15) is 0 Å². The Balaban J connectivity index is 1.76. The maximum atomic E-state index is 11.0. The van der Waals surface area contributed by atoms with Crippen LogP contribution in [0.4, 0.5) is 0 Å². The van der Waals surface area contributed by atoms with Gasteiger partial charge in [0, 0.05) is 11.8 Å². The van der Waals surface area contributed by atoms with Gasteiger partial charge in [0.1, 0.15) is 12.4 Å². The van der Waals surface area contributed by atoms with Crippen LogP contribution < -0.4 is 4.74 Å². The van der Waals surface area contributed by atoms with Gasteiger partial charge < -0.3 is 20.1 Å². The number of hydrogen-bond acceptors (Lipinski definition) is 4. The second kappa shape index (κ2) is 12.9. The normalized spacial score (nSPS) is 16.4. The number of benzene rings is 2. The van der Waals surface area contributed by atoms with Crippen molar-refractivity contribution in [3.05, 3.63) is 64.2 Å². The number of aliphatic hydroxyl groups is 2. The van der Waals surface area contributed by atoms with Crippen molar-refractivity contribution in [1.29, 1.82) is 0 Å². The molecular weight excluding hydrogens is 464 g/mol. The number of carbonyl (C=O) groups is 1. The standard InChI is InChI=1S/C32H46O5/c1-5-32(6-2,27-12-14-29(24(4)21-27)37-22-28(33)13-15-30(34)35)26-11-10-25(23(3)20-26)16-19-31(36)17-8-7-9-18-31/h10-12,14,20-21,28,33,36H,5-9,13,15-19,22H2,1-4H3,(H,34,35)/t28-/m1/s1. The van der Waals surface area contributed by atoms with Gasteiger partial charge in [-0.25, -0.2) is 0 Å². The summed E-state index contributed by atoms with van der Waals surface area (Å²) in [5.74, 6) is -0.203. The van der Waals surface area contributed by atoms with Crippen molar-refractivity contribution in [2.75, 3.05) is 6.61 Å². The van der Waals surface area contributed by atoms with Crippen LogP contribution in [0, 0.1) is 13.8 Å². The molecule has 2 aromatic carbocycles. The number of rotatable bonds is 13. The van der Waals surface area contributed by atoms with Gasteiger partial charge in [-0.1, -0.05) is 63.4 Å². The number of aliphatic hydroxyl groups excluding tert-OH is 1. The molecule has 3 rings (SSSR count). The Bertz CT molecular complexity index is 1030. The molecular formula is C32H46O5. The zero-order chi connectivity index (χ0) is 27.1. The molecule has 0 radical (unpaired) electrons. The summed E-state index contributed by atoms with van der Waals surface area (Å²) in [6.45, 7) is 8.77. The van der Waals surface area contributed by atoms with E-state index in [-0.39, 0.29) is 24.9 Å². The van der Waals surface area contributed by atoms with Gasteiger partial charge in [0.2, 0.25) is 0 Å². The van der Waals surface area contributed by atoms with E-state index in [2.05, 4.69) is 51.1 Å². The molecule has 5 nitrogen and oxygen atoms in total. The molecule has 1 fully saturated rings. The molecule has 0 aromatic heterocycles. The van der Waals surface area contributed by atoms with Crippen molar-refractivity contribution >= 4 is 5.97 Å². The molecule has 37 heavy (non-hydrogen) atoms. The number of carboxylic acid groups (broad SMARTS) is 1. The van der Waals surface area contributed by atoms with E-state index in [9.17, 15) is 15.0 Å². The molecule has 0 amide bonds.